The molecule has 5 nitrogen and oxygen atoms in total. The molecule has 0 bridgehead atoms. The first-order chi connectivity index (χ1) is 12.2. The topological polar surface area (TPSA) is 87.7 Å². The fourth-order valence-corrected chi connectivity index (χ4v) is 2.08. The van der Waals surface area contributed by atoms with E-state index in [1.54, 1.807) is 0 Å². The maximum absolute atomic E-state index is 12.5. The number of amidine groups is 1. The van der Waals surface area contributed by atoms with Gasteiger partial charge in [-0.05, 0) is 23.5 Å². The molecule has 0 aliphatic rings. The van der Waals surface area contributed by atoms with E-state index in [2.05, 4.69) is 37.7 Å². The van der Waals surface area contributed by atoms with Gasteiger partial charge in [-0.2, -0.15) is 13.2 Å². The highest BCUT2D eigenvalue weighted by Gasteiger charge is 2.34. The molecule has 4 N–H and O–H groups in total. The second-order valence-corrected chi connectivity index (χ2v) is 7.05. The van der Waals surface area contributed by atoms with Crippen molar-refractivity contribution >= 4 is 11.8 Å². The summed E-state index contributed by atoms with van der Waals surface area (Å²) in [6.07, 6.45) is -4.91. The number of allylic oxidation sites excluding steroid dienone is 1. The van der Waals surface area contributed by atoms with E-state index < -0.39 is 23.7 Å². The molecule has 0 atom stereocenters. The molecule has 8 heteroatoms. The smallest absolute Gasteiger partial charge is 0.448 e. The first-order valence-electron chi connectivity index (χ1n) is 8.11. The zero-order valence-electron chi connectivity index (χ0n) is 15.7. The molecule has 0 spiro atoms. The van der Waals surface area contributed by atoms with Crippen LogP contribution in [0.3, 0.4) is 0 Å². The van der Waals surface area contributed by atoms with Gasteiger partial charge in [-0.15, -0.1) is 0 Å². The summed E-state index contributed by atoms with van der Waals surface area (Å²) in [6, 6.07) is 7.80. The fraction of sp³-hybridized carbons (Fsp3) is 0.368. The van der Waals surface area contributed by atoms with Gasteiger partial charge in [0.2, 0.25) is 5.84 Å². The number of carboxylic acids is 1. The summed E-state index contributed by atoms with van der Waals surface area (Å²) in [7, 11) is 0. The summed E-state index contributed by atoms with van der Waals surface area (Å²) in [5.41, 5.74) is 6.19. The number of nitrogens with zero attached hydrogens (tertiary/aromatic N) is 1. The van der Waals surface area contributed by atoms with Crippen LogP contribution in [0.25, 0.3) is 0 Å². The summed E-state index contributed by atoms with van der Waals surface area (Å²) < 4.78 is 37.5. The van der Waals surface area contributed by atoms with Crippen molar-refractivity contribution in [3.63, 3.8) is 0 Å². The van der Waals surface area contributed by atoms with E-state index in [4.69, 9.17) is 10.8 Å². The third-order valence-electron chi connectivity index (χ3n) is 3.86. The van der Waals surface area contributed by atoms with Crippen LogP contribution in [-0.4, -0.2) is 23.1 Å². The first kappa shape index (κ1) is 22.3. The predicted molar refractivity (Wildman–Crippen MR) is 99.1 cm³/mol. The van der Waals surface area contributed by atoms with Crippen LogP contribution in [-0.2, 0) is 16.8 Å². The van der Waals surface area contributed by atoms with Crippen LogP contribution >= 0.6 is 0 Å². The Labute approximate surface area is 156 Å². The maximum Gasteiger partial charge on any atom is 0.448 e. The van der Waals surface area contributed by atoms with Crippen molar-refractivity contribution in [1.29, 1.82) is 0 Å². The van der Waals surface area contributed by atoms with Crippen molar-refractivity contribution in [1.82, 2.24) is 5.32 Å². The molecular weight excluding hydrogens is 359 g/mol. The minimum atomic E-state index is -4.91. The summed E-state index contributed by atoms with van der Waals surface area (Å²) in [5, 5.41) is 12.0. The first-order valence-corrected chi connectivity index (χ1v) is 8.11. The maximum atomic E-state index is 12.5. The summed E-state index contributed by atoms with van der Waals surface area (Å²) >= 11 is 0. The van der Waals surface area contributed by atoms with Gasteiger partial charge in [0.15, 0.2) is 5.70 Å². The molecule has 27 heavy (non-hydrogen) atoms. The average molecular weight is 383 g/mol. The van der Waals surface area contributed by atoms with Crippen molar-refractivity contribution in [3.05, 3.63) is 58.9 Å². The Morgan fingerprint density at radius 3 is 2.15 bits per heavy atom. The van der Waals surface area contributed by atoms with Crippen LogP contribution < -0.4 is 11.1 Å². The number of alkyl halides is 3. The highest BCUT2D eigenvalue weighted by Crippen LogP contribution is 2.22. The lowest BCUT2D eigenvalue weighted by molar-refractivity contribution is -0.132. The molecule has 148 valence electrons. The number of nitrogens with two attached hydrogens (primary N) is 1. The Hall–Kier alpha value is -2.77. The van der Waals surface area contributed by atoms with Crippen LogP contribution in [0, 0.1) is 0 Å². The highest BCUT2D eigenvalue weighted by molar-refractivity contribution is 5.95. The Kier molecular flexibility index (Phi) is 6.83. The molecule has 0 unspecified atom stereocenters. The predicted octanol–water partition coefficient (Wildman–Crippen LogP) is 3.87. The molecule has 0 heterocycles. The van der Waals surface area contributed by atoms with Crippen molar-refractivity contribution in [2.24, 2.45) is 10.7 Å². The van der Waals surface area contributed by atoms with Crippen molar-refractivity contribution in [3.8, 4) is 0 Å². The van der Waals surface area contributed by atoms with Crippen LogP contribution in [0.15, 0.2) is 52.8 Å². The number of hydrogen-bond acceptors (Lipinski definition) is 3. The van der Waals surface area contributed by atoms with Gasteiger partial charge >= 0.3 is 12.1 Å². The minimum Gasteiger partial charge on any atom is -0.477 e. The molecular formula is C19H24F3N3O2. The summed E-state index contributed by atoms with van der Waals surface area (Å²) in [4.78, 5) is 14.3. The van der Waals surface area contributed by atoms with E-state index in [0.29, 0.717) is 6.54 Å². The third-order valence-corrected chi connectivity index (χ3v) is 3.86. The van der Waals surface area contributed by atoms with Gasteiger partial charge in [0.05, 0.1) is 0 Å². The van der Waals surface area contributed by atoms with Gasteiger partial charge in [0, 0.05) is 17.8 Å². The lowest BCUT2D eigenvalue weighted by atomic mass is 9.87. The number of aliphatic carboxylic acids is 1. The molecule has 0 saturated carbocycles. The van der Waals surface area contributed by atoms with Crippen LogP contribution in [0.5, 0.6) is 0 Å². The van der Waals surface area contributed by atoms with Crippen molar-refractivity contribution < 1.29 is 23.1 Å². The summed E-state index contributed by atoms with van der Waals surface area (Å²) in [5.74, 6) is -3.36. The minimum absolute atomic E-state index is 0.0156. The van der Waals surface area contributed by atoms with E-state index in [9.17, 15) is 18.0 Å². The average Bonchev–Trinajstić information content (AvgIpc) is 2.55. The zero-order valence-corrected chi connectivity index (χ0v) is 15.7. The van der Waals surface area contributed by atoms with Crippen molar-refractivity contribution in [2.45, 2.75) is 45.8 Å². The van der Waals surface area contributed by atoms with E-state index in [0.717, 1.165) is 11.1 Å². The van der Waals surface area contributed by atoms with Crippen LogP contribution in [0.4, 0.5) is 13.2 Å². The Bertz CT molecular complexity index is 771. The molecule has 1 aromatic rings. The Morgan fingerprint density at radius 2 is 1.74 bits per heavy atom. The lowest BCUT2D eigenvalue weighted by Gasteiger charge is -2.19. The molecule has 0 fully saturated rings. The second-order valence-electron chi connectivity index (χ2n) is 7.05. The number of hydrogen-bond donors (Lipinski definition) is 3. The fourth-order valence-electron chi connectivity index (χ4n) is 2.08. The number of nitrogens with one attached hydrogen (secondary N) is 1. The molecule has 1 rings (SSSR count). The van der Waals surface area contributed by atoms with Gasteiger partial charge in [-0.1, -0.05) is 51.6 Å². The standard InChI is InChI=1S/C19H24F3N3O2/c1-11(15(16(26)27)25-17(23)19(20,21)22)12(2)24-10-13-6-8-14(9-7-13)18(3,4)5/h6-9,24H,2,10H2,1,3-5H3,(H2,23,25)(H,26,27)/b15-11-. The number of carbonyl (C=O) groups is 1. The van der Waals surface area contributed by atoms with Gasteiger partial charge in [-0.3, -0.25) is 0 Å². The zero-order chi connectivity index (χ0) is 21.0. The molecule has 0 aliphatic carbocycles. The molecule has 0 aromatic heterocycles. The van der Waals surface area contributed by atoms with Gasteiger partial charge in [0.1, 0.15) is 0 Å². The molecule has 0 amide bonds. The number of halogens is 3. The molecule has 0 saturated heterocycles. The van der Waals surface area contributed by atoms with Crippen LogP contribution in [0.1, 0.15) is 38.8 Å². The van der Waals surface area contributed by atoms with Gasteiger partial charge in [-0.25, -0.2) is 9.79 Å². The van der Waals surface area contributed by atoms with Crippen molar-refractivity contribution in [2.75, 3.05) is 0 Å². The SMILES string of the molecule is C=C(NCc1ccc(C(C)(C)C)cc1)/C(C)=C(\N=C(/N)C(F)(F)F)C(=O)O. The van der Waals surface area contributed by atoms with Gasteiger partial charge in [0.25, 0.3) is 0 Å². The van der Waals surface area contributed by atoms with Crippen LogP contribution in [0.2, 0.25) is 0 Å². The molecule has 0 aliphatic heterocycles. The van der Waals surface area contributed by atoms with E-state index in [-0.39, 0.29) is 16.7 Å². The number of rotatable bonds is 6. The Morgan fingerprint density at radius 1 is 1.22 bits per heavy atom. The molecule has 1 aromatic carbocycles. The number of carboxylic acid groups (broad SMARTS) is 1. The summed E-state index contributed by atoms with van der Waals surface area (Å²) in [6.45, 7) is 11.6. The number of aliphatic imine (C=N–C) groups is 1. The molecule has 0 radical (unpaired) electrons. The highest BCUT2D eigenvalue weighted by atomic mass is 19.4. The van der Waals surface area contributed by atoms with E-state index >= 15 is 0 Å². The number of benzene rings is 1. The normalized spacial score (nSPS) is 13.8. The van der Waals surface area contributed by atoms with E-state index in [1.165, 1.54) is 6.92 Å². The van der Waals surface area contributed by atoms with E-state index in [1.807, 2.05) is 24.3 Å². The lowest BCUT2D eigenvalue weighted by Crippen LogP contribution is -2.32. The third kappa shape index (κ3) is 6.47. The van der Waals surface area contributed by atoms with Gasteiger partial charge < -0.3 is 16.2 Å². The monoisotopic (exact) mass is 383 g/mol. The largest absolute Gasteiger partial charge is 0.477 e. The second kappa shape index (κ2) is 8.28. The quantitative estimate of drug-likeness (QED) is 0.301. The Balaban J connectivity index is 2.96.